The first-order valence-electron chi connectivity index (χ1n) is 4.81. The largest absolute Gasteiger partial charge is 0.271 e. The number of nitrogens with two attached hydrogens (primary N) is 1. The lowest BCUT2D eigenvalue weighted by molar-refractivity contribution is 0.619. The molecule has 0 radical (unpaired) electrons. The van der Waals surface area contributed by atoms with Gasteiger partial charge in [-0.1, -0.05) is 19.9 Å². The van der Waals surface area contributed by atoms with Crippen LogP contribution in [0.4, 0.5) is 0 Å². The molecule has 3 N–H and O–H groups in total. The van der Waals surface area contributed by atoms with Gasteiger partial charge in [0.2, 0.25) is 0 Å². The average Bonchev–Trinajstić information content (AvgIpc) is 2.64. The van der Waals surface area contributed by atoms with Gasteiger partial charge in [0.05, 0.1) is 6.04 Å². The lowest BCUT2D eigenvalue weighted by Gasteiger charge is -2.14. The van der Waals surface area contributed by atoms with Crippen LogP contribution in [-0.4, -0.2) is 11.5 Å². The zero-order chi connectivity index (χ0) is 10.4. The Hall–Kier alpha value is -0.0300. The average molecular weight is 230 g/mol. The fourth-order valence-electron chi connectivity index (χ4n) is 1.12. The summed E-state index contributed by atoms with van der Waals surface area (Å²) in [4.78, 5) is 1.32. The SMILES string of the molecule is CC(C)CSCC(NN)c1cccs1. The molecule has 1 aromatic rings. The molecule has 4 heteroatoms. The van der Waals surface area contributed by atoms with Crippen molar-refractivity contribution in [2.75, 3.05) is 11.5 Å². The lowest BCUT2D eigenvalue weighted by Crippen LogP contribution is -2.29. The maximum Gasteiger partial charge on any atom is 0.0643 e. The molecule has 0 fully saturated rings. The van der Waals surface area contributed by atoms with Gasteiger partial charge in [0.15, 0.2) is 0 Å². The molecule has 14 heavy (non-hydrogen) atoms. The lowest BCUT2D eigenvalue weighted by atomic mass is 10.3. The van der Waals surface area contributed by atoms with Crippen LogP contribution >= 0.6 is 23.1 Å². The summed E-state index contributed by atoms with van der Waals surface area (Å²) in [6.07, 6.45) is 0. The van der Waals surface area contributed by atoms with Crippen LogP contribution in [0, 0.1) is 5.92 Å². The van der Waals surface area contributed by atoms with E-state index in [1.54, 1.807) is 11.3 Å². The molecule has 0 aromatic carbocycles. The minimum atomic E-state index is 0.304. The Morgan fingerprint density at radius 3 is 2.79 bits per heavy atom. The Labute approximate surface area is 94.2 Å². The Balaban J connectivity index is 2.33. The van der Waals surface area contributed by atoms with E-state index in [1.165, 1.54) is 10.6 Å². The van der Waals surface area contributed by atoms with Gasteiger partial charge in [-0.15, -0.1) is 11.3 Å². The molecule has 1 rings (SSSR count). The summed E-state index contributed by atoms with van der Waals surface area (Å²) in [6.45, 7) is 4.48. The first-order chi connectivity index (χ1) is 6.74. The van der Waals surface area contributed by atoms with Crippen LogP contribution in [0.2, 0.25) is 0 Å². The smallest absolute Gasteiger partial charge is 0.0643 e. The number of hydrogen-bond acceptors (Lipinski definition) is 4. The standard InChI is InChI=1S/C10H18N2S2/c1-8(2)6-13-7-9(12-11)10-4-3-5-14-10/h3-5,8-9,12H,6-7,11H2,1-2H3. The van der Waals surface area contributed by atoms with Crippen LogP contribution in [0.15, 0.2) is 17.5 Å². The van der Waals surface area contributed by atoms with E-state index in [-0.39, 0.29) is 0 Å². The van der Waals surface area contributed by atoms with Gasteiger partial charge < -0.3 is 0 Å². The van der Waals surface area contributed by atoms with Crippen LogP contribution in [0.5, 0.6) is 0 Å². The van der Waals surface area contributed by atoms with E-state index in [2.05, 4.69) is 36.8 Å². The van der Waals surface area contributed by atoms with Crippen molar-refractivity contribution in [3.63, 3.8) is 0 Å². The van der Waals surface area contributed by atoms with Crippen molar-refractivity contribution >= 4 is 23.1 Å². The molecule has 0 saturated heterocycles. The molecule has 0 aliphatic carbocycles. The van der Waals surface area contributed by atoms with Crippen molar-refractivity contribution in [3.8, 4) is 0 Å². The van der Waals surface area contributed by atoms with E-state index in [0.29, 0.717) is 6.04 Å². The minimum absolute atomic E-state index is 0.304. The number of thioether (sulfide) groups is 1. The number of rotatable bonds is 6. The first kappa shape index (κ1) is 12.0. The molecule has 1 atom stereocenters. The van der Waals surface area contributed by atoms with Crippen molar-refractivity contribution in [1.29, 1.82) is 0 Å². The van der Waals surface area contributed by atoms with E-state index in [9.17, 15) is 0 Å². The maximum absolute atomic E-state index is 5.52. The first-order valence-corrected chi connectivity index (χ1v) is 6.84. The normalized spacial score (nSPS) is 13.4. The molecule has 1 unspecified atom stereocenters. The molecule has 0 aliphatic heterocycles. The van der Waals surface area contributed by atoms with Crippen molar-refractivity contribution in [3.05, 3.63) is 22.4 Å². The summed E-state index contributed by atoms with van der Waals surface area (Å²) in [5.74, 6) is 8.52. The highest BCUT2D eigenvalue weighted by Crippen LogP contribution is 2.22. The Morgan fingerprint density at radius 1 is 1.50 bits per heavy atom. The van der Waals surface area contributed by atoms with Crippen molar-refractivity contribution < 1.29 is 0 Å². The van der Waals surface area contributed by atoms with Gasteiger partial charge in [-0.2, -0.15) is 11.8 Å². The molecule has 1 aromatic heterocycles. The van der Waals surface area contributed by atoms with Gasteiger partial charge in [0, 0.05) is 10.6 Å². The molecule has 0 aliphatic rings. The van der Waals surface area contributed by atoms with Gasteiger partial charge in [-0.05, 0) is 23.1 Å². The highest BCUT2D eigenvalue weighted by molar-refractivity contribution is 7.99. The second kappa shape index (κ2) is 6.45. The third-order valence-corrected chi connectivity index (χ3v) is 4.28. The number of hydrogen-bond donors (Lipinski definition) is 2. The van der Waals surface area contributed by atoms with Gasteiger partial charge in [0.1, 0.15) is 0 Å². The molecular weight excluding hydrogens is 212 g/mol. The summed E-state index contributed by atoms with van der Waals surface area (Å²) >= 11 is 3.72. The molecule has 0 spiro atoms. The van der Waals surface area contributed by atoms with Crippen LogP contribution < -0.4 is 11.3 Å². The van der Waals surface area contributed by atoms with Gasteiger partial charge in [0.25, 0.3) is 0 Å². The zero-order valence-corrected chi connectivity index (χ0v) is 10.3. The quantitative estimate of drug-likeness (QED) is 0.583. The predicted octanol–water partition coefficient (Wildman–Crippen LogP) is 2.64. The Morgan fingerprint density at radius 2 is 2.29 bits per heavy atom. The van der Waals surface area contributed by atoms with Crippen LogP contribution in [-0.2, 0) is 0 Å². The molecule has 80 valence electrons. The maximum atomic E-state index is 5.52. The second-order valence-corrected chi connectivity index (χ2v) is 5.72. The molecule has 0 saturated carbocycles. The van der Waals surface area contributed by atoms with Gasteiger partial charge in [-0.3, -0.25) is 11.3 Å². The summed E-state index contributed by atoms with van der Waals surface area (Å²) in [7, 11) is 0. The predicted molar refractivity (Wildman–Crippen MR) is 66.5 cm³/mol. The Kier molecular flexibility index (Phi) is 5.55. The number of nitrogens with one attached hydrogen (secondary N) is 1. The summed E-state index contributed by atoms with van der Waals surface area (Å²) in [6, 6.07) is 4.50. The highest BCUT2D eigenvalue weighted by atomic mass is 32.2. The molecule has 0 amide bonds. The third-order valence-electron chi connectivity index (χ3n) is 1.82. The Bertz CT molecular complexity index is 234. The zero-order valence-electron chi connectivity index (χ0n) is 8.69. The summed E-state index contributed by atoms with van der Waals surface area (Å²) in [5, 5.41) is 2.09. The fourth-order valence-corrected chi connectivity index (χ4v) is 3.14. The van der Waals surface area contributed by atoms with Crippen LogP contribution in [0.25, 0.3) is 0 Å². The third kappa shape index (κ3) is 4.00. The topological polar surface area (TPSA) is 38.0 Å². The molecule has 0 bridgehead atoms. The fraction of sp³-hybridized carbons (Fsp3) is 0.600. The number of thiophene rings is 1. The van der Waals surface area contributed by atoms with E-state index in [4.69, 9.17) is 5.84 Å². The van der Waals surface area contributed by atoms with Crippen LogP contribution in [0.1, 0.15) is 24.8 Å². The van der Waals surface area contributed by atoms with Crippen LogP contribution in [0.3, 0.4) is 0 Å². The summed E-state index contributed by atoms with van der Waals surface area (Å²) in [5.41, 5.74) is 2.87. The van der Waals surface area contributed by atoms with Gasteiger partial charge in [-0.25, -0.2) is 0 Å². The van der Waals surface area contributed by atoms with Gasteiger partial charge >= 0.3 is 0 Å². The summed E-state index contributed by atoms with van der Waals surface area (Å²) < 4.78 is 0. The number of hydrazine groups is 1. The van der Waals surface area contributed by atoms with E-state index in [0.717, 1.165) is 11.7 Å². The van der Waals surface area contributed by atoms with E-state index < -0.39 is 0 Å². The second-order valence-electron chi connectivity index (χ2n) is 3.67. The van der Waals surface area contributed by atoms with E-state index in [1.807, 2.05) is 11.8 Å². The van der Waals surface area contributed by atoms with Crippen molar-refractivity contribution in [2.45, 2.75) is 19.9 Å². The minimum Gasteiger partial charge on any atom is -0.271 e. The molecule has 1 heterocycles. The monoisotopic (exact) mass is 230 g/mol. The molecule has 2 nitrogen and oxygen atoms in total. The van der Waals surface area contributed by atoms with Crippen molar-refractivity contribution in [1.82, 2.24) is 5.43 Å². The molecular formula is C10H18N2S2. The van der Waals surface area contributed by atoms with E-state index >= 15 is 0 Å². The highest BCUT2D eigenvalue weighted by Gasteiger charge is 2.10. The van der Waals surface area contributed by atoms with Crippen molar-refractivity contribution in [2.24, 2.45) is 11.8 Å².